The minimum atomic E-state index is -3.05. The first-order valence-corrected chi connectivity index (χ1v) is 10.4. The minimum absolute atomic E-state index is 0.210. The van der Waals surface area contributed by atoms with Crippen molar-refractivity contribution in [3.8, 4) is 0 Å². The van der Waals surface area contributed by atoms with Crippen molar-refractivity contribution >= 4 is 23.5 Å². The largest absolute Gasteiger partial charge is 0.313 e. The van der Waals surface area contributed by atoms with Crippen LogP contribution in [0.15, 0.2) is 60.7 Å². The number of carbonyl (C=O) groups is 1. The first-order chi connectivity index (χ1) is 11.4. The van der Waals surface area contributed by atoms with Gasteiger partial charge in [-0.25, -0.2) is 0 Å². The highest BCUT2D eigenvalue weighted by Crippen LogP contribution is 2.72. The van der Waals surface area contributed by atoms with Gasteiger partial charge in [0.1, 0.15) is 0 Å². The van der Waals surface area contributed by atoms with Crippen molar-refractivity contribution in [1.29, 1.82) is 0 Å². The quantitative estimate of drug-likeness (QED) is 0.788. The molecular weight excluding hydrogens is 315 g/mol. The molecule has 0 aromatic heterocycles. The van der Waals surface area contributed by atoms with Gasteiger partial charge in [0.2, 0.25) is 0 Å². The molecule has 2 aromatic rings. The molecule has 0 saturated heterocycles. The molecule has 3 heteroatoms. The number of rotatable bonds is 3. The molecule has 124 valence electrons. The van der Waals surface area contributed by atoms with Gasteiger partial charge in [-0.3, -0.25) is 4.79 Å². The lowest BCUT2D eigenvalue weighted by atomic mass is 9.75. The number of carbonyl (C=O) groups excluding carboxylic acids is 1. The zero-order valence-electron chi connectivity index (χ0n) is 14.2. The van der Waals surface area contributed by atoms with Crippen molar-refractivity contribution in [2.24, 2.45) is 11.3 Å². The van der Waals surface area contributed by atoms with E-state index in [2.05, 4.69) is 0 Å². The van der Waals surface area contributed by atoms with Gasteiger partial charge in [-0.1, -0.05) is 74.5 Å². The maximum absolute atomic E-state index is 14.7. The van der Waals surface area contributed by atoms with Crippen molar-refractivity contribution in [2.45, 2.75) is 38.3 Å². The third-order valence-electron chi connectivity index (χ3n) is 6.36. The van der Waals surface area contributed by atoms with Crippen LogP contribution in [0, 0.1) is 11.3 Å². The molecular formula is C21H23O2P. The van der Waals surface area contributed by atoms with Crippen LogP contribution in [0.2, 0.25) is 0 Å². The van der Waals surface area contributed by atoms with Gasteiger partial charge in [0.15, 0.2) is 12.9 Å². The highest BCUT2D eigenvalue weighted by atomic mass is 31.2. The molecule has 2 aromatic carbocycles. The van der Waals surface area contributed by atoms with Crippen molar-refractivity contribution < 1.29 is 9.36 Å². The standard InChI is InChI=1S/C21H23O2P/c1-20(2)16-13-14-21(15-16,19(20)22)24(23,17-9-5-3-6-10-17)18-11-7-4-8-12-18/h3-12,16H,13-15H2,1-2H3/t16-,21-/m0/s1. The van der Waals surface area contributed by atoms with Gasteiger partial charge in [-0.15, -0.1) is 0 Å². The highest BCUT2D eigenvalue weighted by Gasteiger charge is 2.69. The summed E-state index contributed by atoms with van der Waals surface area (Å²) < 4.78 is 14.7. The Morgan fingerprint density at radius 3 is 1.83 bits per heavy atom. The predicted octanol–water partition coefficient (Wildman–Crippen LogP) is 4.15. The van der Waals surface area contributed by atoms with E-state index in [4.69, 9.17) is 0 Å². The van der Waals surface area contributed by atoms with Crippen LogP contribution >= 0.6 is 7.14 Å². The van der Waals surface area contributed by atoms with Gasteiger partial charge in [0.05, 0.1) is 5.16 Å². The van der Waals surface area contributed by atoms with Crippen LogP contribution in [0.25, 0.3) is 0 Å². The van der Waals surface area contributed by atoms with Gasteiger partial charge in [-0.2, -0.15) is 0 Å². The normalized spacial score (nSPS) is 28.2. The summed E-state index contributed by atoms with van der Waals surface area (Å²) in [6, 6.07) is 19.4. The van der Waals surface area contributed by atoms with E-state index in [0.717, 1.165) is 29.9 Å². The van der Waals surface area contributed by atoms with Crippen LogP contribution < -0.4 is 10.6 Å². The van der Waals surface area contributed by atoms with E-state index < -0.39 is 12.3 Å². The Bertz CT molecular complexity index is 782. The number of fused-ring (bicyclic) bond motifs is 2. The molecule has 4 rings (SSSR count). The van der Waals surface area contributed by atoms with Crippen molar-refractivity contribution in [3.05, 3.63) is 60.7 Å². The molecule has 0 spiro atoms. The van der Waals surface area contributed by atoms with Gasteiger partial charge >= 0.3 is 0 Å². The molecule has 0 heterocycles. The lowest BCUT2D eigenvalue weighted by Gasteiger charge is -2.39. The van der Waals surface area contributed by atoms with Gasteiger partial charge < -0.3 is 4.57 Å². The Labute approximate surface area is 143 Å². The maximum Gasteiger partial charge on any atom is 0.156 e. The second kappa shape index (κ2) is 5.17. The van der Waals surface area contributed by atoms with E-state index in [1.165, 1.54) is 0 Å². The fourth-order valence-electron chi connectivity index (χ4n) is 4.98. The van der Waals surface area contributed by atoms with Gasteiger partial charge in [0, 0.05) is 16.0 Å². The number of Topliss-reactive ketones (excluding diaryl/α,β-unsaturated/α-hetero) is 1. The van der Waals surface area contributed by atoms with E-state index in [1.54, 1.807) is 0 Å². The summed E-state index contributed by atoms with van der Waals surface area (Å²) in [7, 11) is -3.05. The monoisotopic (exact) mass is 338 g/mol. The molecule has 0 radical (unpaired) electrons. The SMILES string of the molecule is CC1(C)C(=O)[C@]2(P(=O)(c3ccccc3)c3ccccc3)CC[C@H]1C2. The van der Waals surface area contributed by atoms with Gasteiger partial charge in [0.25, 0.3) is 0 Å². The summed E-state index contributed by atoms with van der Waals surface area (Å²) in [4.78, 5) is 13.4. The van der Waals surface area contributed by atoms with Crippen molar-refractivity contribution in [1.82, 2.24) is 0 Å². The first-order valence-electron chi connectivity index (χ1n) is 8.69. The van der Waals surface area contributed by atoms with Crippen LogP contribution in [0.3, 0.4) is 0 Å². The van der Waals surface area contributed by atoms with Crippen LogP contribution in [0.5, 0.6) is 0 Å². The predicted molar refractivity (Wildman–Crippen MR) is 98.6 cm³/mol. The molecule has 0 amide bonds. The number of ketones is 1. The summed E-state index contributed by atoms with van der Waals surface area (Å²) in [6.07, 6.45) is 2.52. The average Bonchev–Trinajstić information content (AvgIpc) is 3.15. The molecule has 24 heavy (non-hydrogen) atoms. The molecule has 2 aliphatic carbocycles. The summed E-state index contributed by atoms with van der Waals surface area (Å²) in [5.41, 5.74) is -0.364. The number of hydrogen-bond acceptors (Lipinski definition) is 2. The Morgan fingerprint density at radius 2 is 1.42 bits per heavy atom. The molecule has 0 N–H and O–H groups in total. The Balaban J connectivity index is 2.00. The molecule has 2 saturated carbocycles. The lowest BCUT2D eigenvalue weighted by Crippen LogP contribution is -2.46. The molecule has 2 atom stereocenters. The van der Waals surface area contributed by atoms with E-state index in [9.17, 15) is 9.36 Å². The minimum Gasteiger partial charge on any atom is -0.313 e. The fourth-order valence-corrected chi connectivity index (χ4v) is 8.95. The first kappa shape index (κ1) is 15.8. The summed E-state index contributed by atoms with van der Waals surface area (Å²) >= 11 is 0. The van der Waals surface area contributed by atoms with Crippen LogP contribution in [-0.4, -0.2) is 10.9 Å². The van der Waals surface area contributed by atoms with Gasteiger partial charge in [-0.05, 0) is 25.2 Å². The average molecular weight is 338 g/mol. The number of hydrogen-bond donors (Lipinski definition) is 0. The van der Waals surface area contributed by atoms with E-state index >= 15 is 0 Å². The maximum atomic E-state index is 14.7. The Morgan fingerprint density at radius 1 is 0.917 bits per heavy atom. The molecule has 0 aliphatic heterocycles. The zero-order chi connectivity index (χ0) is 17.0. The topological polar surface area (TPSA) is 34.1 Å². The third-order valence-corrected chi connectivity index (χ3v) is 10.2. The van der Waals surface area contributed by atoms with Crippen LogP contribution in [0.1, 0.15) is 33.1 Å². The summed E-state index contributed by atoms with van der Waals surface area (Å²) in [5, 5.41) is 0.926. The van der Waals surface area contributed by atoms with E-state index in [-0.39, 0.29) is 11.2 Å². The van der Waals surface area contributed by atoms with Crippen LogP contribution in [-0.2, 0) is 9.36 Å². The van der Waals surface area contributed by atoms with Crippen molar-refractivity contribution in [2.75, 3.05) is 0 Å². The van der Waals surface area contributed by atoms with Crippen molar-refractivity contribution in [3.63, 3.8) is 0 Å². The zero-order valence-corrected chi connectivity index (χ0v) is 15.1. The smallest absolute Gasteiger partial charge is 0.156 e. The molecule has 0 unspecified atom stereocenters. The molecule has 2 bridgehead atoms. The highest BCUT2D eigenvalue weighted by molar-refractivity contribution is 7.81. The fraction of sp³-hybridized carbons (Fsp3) is 0.381. The summed E-state index contributed by atoms with van der Waals surface area (Å²) in [5.74, 6) is 0.563. The van der Waals surface area contributed by atoms with E-state index in [0.29, 0.717) is 5.92 Å². The summed E-state index contributed by atoms with van der Waals surface area (Å²) in [6.45, 7) is 4.09. The Hall–Kier alpha value is -1.66. The second-order valence-corrected chi connectivity index (χ2v) is 10.9. The number of benzene rings is 2. The molecule has 2 aliphatic rings. The third kappa shape index (κ3) is 1.84. The second-order valence-electron chi connectivity index (χ2n) is 7.80. The van der Waals surface area contributed by atoms with E-state index in [1.807, 2.05) is 74.5 Å². The molecule has 2 nitrogen and oxygen atoms in total. The molecule has 2 fully saturated rings. The Kier molecular flexibility index (Phi) is 3.41. The van der Waals surface area contributed by atoms with Crippen LogP contribution in [0.4, 0.5) is 0 Å². The lowest BCUT2D eigenvalue weighted by molar-refractivity contribution is -0.129.